The van der Waals surface area contributed by atoms with Crippen molar-refractivity contribution < 1.29 is 19.1 Å². The monoisotopic (exact) mass is 417 g/mol. The number of rotatable bonds is 5. The van der Waals surface area contributed by atoms with Crippen molar-refractivity contribution in [3.8, 4) is 0 Å². The van der Waals surface area contributed by atoms with Gasteiger partial charge >= 0.3 is 6.03 Å². The quantitative estimate of drug-likeness (QED) is 0.654. The minimum Gasteiger partial charge on any atom is -0.388 e. The van der Waals surface area contributed by atoms with Gasteiger partial charge in [-0.25, -0.2) is 9.18 Å². The summed E-state index contributed by atoms with van der Waals surface area (Å²) in [5.74, 6) is -0.877. The zero-order valence-electron chi connectivity index (χ0n) is 16.1. The van der Waals surface area contributed by atoms with Crippen LogP contribution >= 0.6 is 11.3 Å². The predicted octanol–water partition coefficient (Wildman–Crippen LogP) is 3.08. The molecule has 1 fully saturated rings. The Hall–Kier alpha value is -2.71. The molecule has 3 N–H and O–H groups in total. The van der Waals surface area contributed by atoms with Crippen LogP contribution in [0.25, 0.3) is 0 Å². The molecule has 3 atom stereocenters. The first kappa shape index (κ1) is 21.0. The van der Waals surface area contributed by atoms with Crippen LogP contribution in [-0.2, 0) is 0 Å². The summed E-state index contributed by atoms with van der Waals surface area (Å²) in [6.45, 7) is 5.91. The molecule has 2 heterocycles. The summed E-state index contributed by atoms with van der Waals surface area (Å²) in [5.41, 5.74) is -0.958. The summed E-state index contributed by atoms with van der Waals surface area (Å²) in [6.07, 6.45) is 1.89. The lowest BCUT2D eigenvalue weighted by Crippen LogP contribution is -2.64. The third-order valence-corrected chi connectivity index (χ3v) is 6.01. The molecule has 2 aromatic rings. The fourth-order valence-electron chi connectivity index (χ4n) is 3.49. The maximum Gasteiger partial charge on any atom is 0.318 e. The van der Waals surface area contributed by atoms with E-state index in [0.29, 0.717) is 19.5 Å². The third kappa shape index (κ3) is 4.65. The summed E-state index contributed by atoms with van der Waals surface area (Å²) in [6, 6.07) is 7.34. The van der Waals surface area contributed by atoms with E-state index in [4.69, 9.17) is 0 Å². The second kappa shape index (κ2) is 8.75. The number of urea groups is 1. The number of likely N-dealkylation sites (tertiary alicyclic amines) is 1. The van der Waals surface area contributed by atoms with Crippen molar-refractivity contribution in [2.24, 2.45) is 0 Å². The molecule has 0 radical (unpaired) electrons. The van der Waals surface area contributed by atoms with Gasteiger partial charge in [-0.2, -0.15) is 0 Å². The Morgan fingerprint density at radius 3 is 2.72 bits per heavy atom. The smallest absolute Gasteiger partial charge is 0.318 e. The number of carbonyl (C=O) groups is 2. The van der Waals surface area contributed by atoms with E-state index in [9.17, 15) is 19.1 Å². The Morgan fingerprint density at radius 1 is 1.38 bits per heavy atom. The Labute approximate surface area is 173 Å². The number of carbonyl (C=O) groups excluding carboxylic acids is 2. The van der Waals surface area contributed by atoms with Gasteiger partial charge in [-0.3, -0.25) is 4.79 Å². The van der Waals surface area contributed by atoms with Crippen molar-refractivity contribution in [2.75, 3.05) is 13.1 Å². The molecule has 8 heteroatoms. The van der Waals surface area contributed by atoms with Crippen LogP contribution in [0, 0.1) is 5.82 Å². The molecule has 1 aromatic carbocycles. The first-order chi connectivity index (χ1) is 13.8. The molecule has 3 rings (SSSR count). The average molecular weight is 418 g/mol. The number of hydrogen-bond acceptors (Lipinski definition) is 4. The fourth-order valence-corrected chi connectivity index (χ4v) is 4.36. The third-order valence-electron chi connectivity index (χ3n) is 5.07. The van der Waals surface area contributed by atoms with Crippen molar-refractivity contribution >= 4 is 23.3 Å². The van der Waals surface area contributed by atoms with Gasteiger partial charge in [-0.1, -0.05) is 12.1 Å². The summed E-state index contributed by atoms with van der Waals surface area (Å²) in [5, 5.41) is 18.6. The van der Waals surface area contributed by atoms with Crippen LogP contribution in [0.3, 0.4) is 0 Å². The summed E-state index contributed by atoms with van der Waals surface area (Å²) in [7, 11) is 0. The van der Waals surface area contributed by atoms with Gasteiger partial charge in [0.1, 0.15) is 5.82 Å². The number of piperidine rings is 1. The van der Waals surface area contributed by atoms with E-state index in [0.717, 1.165) is 4.88 Å². The molecule has 6 nitrogen and oxygen atoms in total. The second-order valence-electron chi connectivity index (χ2n) is 7.19. The van der Waals surface area contributed by atoms with Gasteiger partial charge in [0, 0.05) is 23.5 Å². The number of hydrogen-bond donors (Lipinski definition) is 3. The van der Waals surface area contributed by atoms with E-state index in [1.54, 1.807) is 17.9 Å². The Morgan fingerprint density at radius 2 is 2.10 bits per heavy atom. The molecule has 1 aliphatic rings. The van der Waals surface area contributed by atoms with Gasteiger partial charge in [0.15, 0.2) is 0 Å². The Kier molecular flexibility index (Phi) is 6.34. The SMILES string of the molecule is C=CCNC(=O)N1CCC(C)(O)C(NC(=O)c2ccc(F)cc2)C1c1cccs1. The minimum absolute atomic E-state index is 0.278. The number of nitrogens with zero attached hydrogens (tertiary/aromatic N) is 1. The predicted molar refractivity (Wildman–Crippen MR) is 110 cm³/mol. The van der Waals surface area contributed by atoms with Crippen molar-refractivity contribution in [3.63, 3.8) is 0 Å². The highest BCUT2D eigenvalue weighted by Gasteiger charge is 2.48. The molecular weight excluding hydrogens is 393 g/mol. The number of nitrogens with one attached hydrogen (secondary N) is 2. The van der Waals surface area contributed by atoms with E-state index < -0.39 is 29.4 Å². The number of benzene rings is 1. The zero-order chi connectivity index (χ0) is 21.0. The molecular formula is C21H24FN3O3S. The highest BCUT2D eigenvalue weighted by molar-refractivity contribution is 7.10. The minimum atomic E-state index is -1.24. The van der Waals surface area contributed by atoms with Crippen LogP contribution < -0.4 is 10.6 Å². The molecule has 0 aliphatic carbocycles. The molecule has 0 spiro atoms. The summed E-state index contributed by atoms with van der Waals surface area (Å²) < 4.78 is 13.2. The first-order valence-electron chi connectivity index (χ1n) is 9.31. The molecule has 3 unspecified atom stereocenters. The van der Waals surface area contributed by atoms with E-state index >= 15 is 0 Å². The number of thiophene rings is 1. The maximum absolute atomic E-state index is 13.2. The van der Waals surface area contributed by atoms with E-state index in [2.05, 4.69) is 17.2 Å². The number of halogens is 1. The van der Waals surface area contributed by atoms with Crippen LogP contribution in [0.4, 0.5) is 9.18 Å². The molecule has 1 aliphatic heterocycles. The van der Waals surface area contributed by atoms with E-state index in [-0.39, 0.29) is 11.6 Å². The standard InChI is InChI=1S/C21H24FN3O3S/c1-3-11-23-20(27)25-12-10-21(2,28)18(17(25)16-5-4-13-29-16)24-19(26)14-6-8-15(22)9-7-14/h3-9,13,17-18,28H,1,10-12H2,2H3,(H,23,27)(H,24,26). The summed E-state index contributed by atoms with van der Waals surface area (Å²) >= 11 is 1.45. The molecule has 3 amide bonds. The molecule has 154 valence electrons. The Bertz CT molecular complexity index is 868. The lowest BCUT2D eigenvalue weighted by atomic mass is 9.81. The molecule has 0 bridgehead atoms. The molecule has 1 aromatic heterocycles. The van der Waals surface area contributed by atoms with Crippen LogP contribution in [0.15, 0.2) is 54.4 Å². The van der Waals surface area contributed by atoms with Gasteiger partial charge < -0.3 is 20.6 Å². The second-order valence-corrected chi connectivity index (χ2v) is 8.17. The largest absolute Gasteiger partial charge is 0.388 e. The highest BCUT2D eigenvalue weighted by Crippen LogP contribution is 2.39. The molecule has 1 saturated heterocycles. The topological polar surface area (TPSA) is 81.7 Å². The van der Waals surface area contributed by atoms with Gasteiger partial charge in [-0.15, -0.1) is 17.9 Å². The average Bonchev–Trinajstić information content (AvgIpc) is 3.22. The van der Waals surface area contributed by atoms with Crippen LogP contribution in [0.2, 0.25) is 0 Å². The van der Waals surface area contributed by atoms with Gasteiger partial charge in [0.05, 0.1) is 17.7 Å². The van der Waals surface area contributed by atoms with E-state index in [1.165, 1.54) is 35.6 Å². The fraction of sp³-hybridized carbons (Fsp3) is 0.333. The maximum atomic E-state index is 13.2. The van der Waals surface area contributed by atoms with Gasteiger partial charge in [-0.05, 0) is 49.1 Å². The van der Waals surface area contributed by atoms with Gasteiger partial charge in [0.25, 0.3) is 5.91 Å². The van der Waals surface area contributed by atoms with Crippen molar-refractivity contribution in [3.05, 3.63) is 70.7 Å². The Balaban J connectivity index is 1.93. The molecule has 0 saturated carbocycles. The molecule has 29 heavy (non-hydrogen) atoms. The highest BCUT2D eigenvalue weighted by atomic mass is 32.1. The van der Waals surface area contributed by atoms with Crippen LogP contribution in [-0.4, -0.2) is 46.7 Å². The zero-order valence-corrected chi connectivity index (χ0v) is 16.9. The van der Waals surface area contributed by atoms with Crippen LogP contribution in [0.5, 0.6) is 0 Å². The van der Waals surface area contributed by atoms with Gasteiger partial charge in [0.2, 0.25) is 0 Å². The van der Waals surface area contributed by atoms with Crippen molar-refractivity contribution in [2.45, 2.75) is 31.0 Å². The number of aliphatic hydroxyl groups is 1. The number of amides is 3. The van der Waals surface area contributed by atoms with E-state index in [1.807, 2.05) is 17.5 Å². The summed E-state index contributed by atoms with van der Waals surface area (Å²) in [4.78, 5) is 28.0. The van der Waals surface area contributed by atoms with Crippen molar-refractivity contribution in [1.82, 2.24) is 15.5 Å². The first-order valence-corrected chi connectivity index (χ1v) is 10.2. The lowest BCUT2D eigenvalue weighted by Gasteiger charge is -2.48. The van der Waals surface area contributed by atoms with Crippen molar-refractivity contribution in [1.29, 1.82) is 0 Å². The van der Waals surface area contributed by atoms with Crippen LogP contribution in [0.1, 0.15) is 34.6 Å². The normalized spacial score (nSPS) is 24.0. The lowest BCUT2D eigenvalue weighted by molar-refractivity contribution is -0.0502.